The predicted octanol–water partition coefficient (Wildman–Crippen LogP) is 3.73. The molecule has 17 heavy (non-hydrogen) atoms. The van der Waals surface area contributed by atoms with E-state index in [0.29, 0.717) is 6.04 Å². The zero-order chi connectivity index (χ0) is 12.3. The van der Waals surface area contributed by atoms with E-state index in [-0.39, 0.29) is 0 Å². The summed E-state index contributed by atoms with van der Waals surface area (Å²) in [6.07, 6.45) is 5.99. The monoisotopic (exact) mass is 253 g/mol. The van der Waals surface area contributed by atoms with E-state index in [9.17, 15) is 0 Å². The number of rotatable bonds is 4. The average Bonchev–Trinajstić information content (AvgIpc) is 2.72. The first kappa shape index (κ1) is 12.8. The fourth-order valence-corrected chi connectivity index (χ4v) is 3.18. The van der Waals surface area contributed by atoms with Crippen molar-refractivity contribution in [1.82, 2.24) is 9.36 Å². The number of nitrogens with zero attached hydrogens (tertiary/aromatic N) is 2. The second-order valence-corrected chi connectivity index (χ2v) is 6.13. The van der Waals surface area contributed by atoms with Gasteiger partial charge in [0, 0.05) is 24.0 Å². The third kappa shape index (κ3) is 3.41. The molecule has 1 saturated carbocycles. The number of anilines is 1. The first-order chi connectivity index (χ1) is 8.19. The van der Waals surface area contributed by atoms with Gasteiger partial charge in [-0.05, 0) is 37.5 Å². The highest BCUT2D eigenvalue weighted by Gasteiger charge is 2.24. The number of aromatic nitrogens is 2. The number of hydrogen-bond acceptors (Lipinski definition) is 4. The minimum Gasteiger partial charge on any atom is -0.358 e. The molecular weight excluding hydrogens is 230 g/mol. The molecule has 1 aromatic heterocycles. The van der Waals surface area contributed by atoms with Crippen LogP contribution in [-0.2, 0) is 6.42 Å². The summed E-state index contributed by atoms with van der Waals surface area (Å²) < 4.78 is 4.37. The molecule has 4 heteroatoms. The van der Waals surface area contributed by atoms with Crippen LogP contribution in [0.2, 0.25) is 0 Å². The molecule has 3 nitrogen and oxygen atoms in total. The van der Waals surface area contributed by atoms with Crippen molar-refractivity contribution in [1.29, 1.82) is 0 Å². The van der Waals surface area contributed by atoms with Crippen molar-refractivity contribution >= 4 is 16.7 Å². The minimum absolute atomic E-state index is 0.601. The predicted molar refractivity (Wildman–Crippen MR) is 73.5 cm³/mol. The van der Waals surface area contributed by atoms with Gasteiger partial charge in [-0.3, -0.25) is 0 Å². The molecule has 0 radical (unpaired) electrons. The molecule has 1 aromatic rings. The van der Waals surface area contributed by atoms with Gasteiger partial charge in [0.05, 0.1) is 0 Å². The number of hydrogen-bond donors (Lipinski definition) is 1. The van der Waals surface area contributed by atoms with Crippen molar-refractivity contribution in [2.24, 2.45) is 11.8 Å². The van der Waals surface area contributed by atoms with Gasteiger partial charge in [-0.2, -0.15) is 4.37 Å². The van der Waals surface area contributed by atoms with Gasteiger partial charge in [-0.1, -0.05) is 20.8 Å². The van der Waals surface area contributed by atoms with Crippen LogP contribution in [0.15, 0.2) is 0 Å². The number of aryl methyl sites for hydroxylation is 1. The lowest BCUT2D eigenvalue weighted by Gasteiger charge is -2.32. The summed E-state index contributed by atoms with van der Waals surface area (Å²) in [5.74, 6) is 2.69. The van der Waals surface area contributed by atoms with E-state index in [1.54, 1.807) is 0 Å². The summed E-state index contributed by atoms with van der Waals surface area (Å²) in [6.45, 7) is 6.89. The molecule has 3 atom stereocenters. The molecule has 2 rings (SSSR count). The Bertz CT molecular complexity index is 350. The molecule has 96 valence electrons. The van der Waals surface area contributed by atoms with Crippen molar-refractivity contribution in [2.45, 2.75) is 58.9 Å². The zero-order valence-corrected chi connectivity index (χ0v) is 11.9. The highest BCUT2D eigenvalue weighted by Crippen LogP contribution is 2.31. The smallest absolute Gasteiger partial charge is 0.202 e. The van der Waals surface area contributed by atoms with Crippen LogP contribution in [0.5, 0.6) is 0 Å². The Morgan fingerprint density at radius 1 is 1.29 bits per heavy atom. The van der Waals surface area contributed by atoms with Crippen molar-refractivity contribution < 1.29 is 0 Å². The zero-order valence-electron chi connectivity index (χ0n) is 11.1. The lowest BCUT2D eigenvalue weighted by molar-refractivity contribution is 0.261. The highest BCUT2D eigenvalue weighted by molar-refractivity contribution is 7.09. The van der Waals surface area contributed by atoms with E-state index in [0.717, 1.165) is 35.6 Å². The van der Waals surface area contributed by atoms with Gasteiger partial charge in [-0.25, -0.2) is 4.98 Å². The van der Waals surface area contributed by atoms with E-state index in [1.165, 1.54) is 30.8 Å². The SMILES string of the molecule is CCCc1nsc(NC2CCC(C)C(C)C2)n1. The maximum Gasteiger partial charge on any atom is 0.202 e. The molecule has 0 aromatic carbocycles. The topological polar surface area (TPSA) is 37.8 Å². The van der Waals surface area contributed by atoms with Crippen LogP contribution < -0.4 is 5.32 Å². The van der Waals surface area contributed by atoms with Crippen molar-refractivity contribution in [2.75, 3.05) is 5.32 Å². The van der Waals surface area contributed by atoms with E-state index >= 15 is 0 Å². The van der Waals surface area contributed by atoms with E-state index in [4.69, 9.17) is 0 Å². The fraction of sp³-hybridized carbons (Fsp3) is 0.846. The largest absolute Gasteiger partial charge is 0.358 e. The van der Waals surface area contributed by atoms with Crippen molar-refractivity contribution in [3.8, 4) is 0 Å². The van der Waals surface area contributed by atoms with Crippen LogP contribution in [0.3, 0.4) is 0 Å². The molecule has 1 fully saturated rings. The van der Waals surface area contributed by atoms with Crippen LogP contribution >= 0.6 is 11.5 Å². The van der Waals surface area contributed by atoms with Crippen LogP contribution in [0.25, 0.3) is 0 Å². The molecule has 0 amide bonds. The maximum absolute atomic E-state index is 4.53. The molecule has 0 aliphatic heterocycles. The summed E-state index contributed by atoms with van der Waals surface area (Å²) in [7, 11) is 0. The Morgan fingerprint density at radius 3 is 2.82 bits per heavy atom. The fourth-order valence-electron chi connectivity index (χ4n) is 2.49. The molecule has 1 heterocycles. The van der Waals surface area contributed by atoms with E-state index in [2.05, 4.69) is 35.4 Å². The molecule has 0 spiro atoms. The van der Waals surface area contributed by atoms with Gasteiger partial charge >= 0.3 is 0 Å². The van der Waals surface area contributed by atoms with Gasteiger partial charge in [0.15, 0.2) is 0 Å². The lowest BCUT2D eigenvalue weighted by Crippen LogP contribution is -2.30. The first-order valence-electron chi connectivity index (χ1n) is 6.78. The third-order valence-electron chi connectivity index (χ3n) is 3.87. The second-order valence-electron chi connectivity index (χ2n) is 5.37. The summed E-state index contributed by atoms with van der Waals surface area (Å²) >= 11 is 1.51. The van der Waals surface area contributed by atoms with Crippen LogP contribution in [0.4, 0.5) is 5.13 Å². The number of nitrogens with one attached hydrogen (secondary N) is 1. The molecule has 1 aliphatic rings. The Morgan fingerprint density at radius 2 is 2.12 bits per heavy atom. The Balaban J connectivity index is 1.87. The molecule has 0 saturated heterocycles. The molecule has 1 N–H and O–H groups in total. The Labute approximate surface area is 108 Å². The van der Waals surface area contributed by atoms with Gasteiger partial charge in [0.1, 0.15) is 5.82 Å². The molecule has 3 unspecified atom stereocenters. The van der Waals surface area contributed by atoms with Gasteiger partial charge in [0.25, 0.3) is 0 Å². The van der Waals surface area contributed by atoms with Crippen molar-refractivity contribution in [3.63, 3.8) is 0 Å². The summed E-state index contributed by atoms with van der Waals surface area (Å²) in [5.41, 5.74) is 0. The minimum atomic E-state index is 0.601. The summed E-state index contributed by atoms with van der Waals surface area (Å²) in [5, 5.41) is 4.57. The van der Waals surface area contributed by atoms with E-state index < -0.39 is 0 Å². The molecule has 0 bridgehead atoms. The second kappa shape index (κ2) is 5.80. The van der Waals surface area contributed by atoms with Gasteiger partial charge in [0.2, 0.25) is 5.13 Å². The van der Waals surface area contributed by atoms with E-state index in [1.807, 2.05) is 0 Å². The molecule has 1 aliphatic carbocycles. The quantitative estimate of drug-likeness (QED) is 0.888. The molecular formula is C13H23N3S. The van der Waals surface area contributed by atoms with Crippen LogP contribution in [0, 0.1) is 11.8 Å². The van der Waals surface area contributed by atoms with Crippen molar-refractivity contribution in [3.05, 3.63) is 5.82 Å². The standard InChI is InChI=1S/C13H23N3S/c1-4-5-12-15-13(17-16-12)14-11-7-6-9(2)10(3)8-11/h9-11H,4-8H2,1-3H3,(H,14,15,16). The maximum atomic E-state index is 4.53. The first-order valence-corrected chi connectivity index (χ1v) is 7.55. The van der Waals surface area contributed by atoms with Gasteiger partial charge < -0.3 is 5.32 Å². The van der Waals surface area contributed by atoms with Crippen LogP contribution in [0.1, 0.15) is 52.3 Å². The highest BCUT2D eigenvalue weighted by atomic mass is 32.1. The Hall–Kier alpha value is -0.640. The van der Waals surface area contributed by atoms with Crippen LogP contribution in [-0.4, -0.2) is 15.4 Å². The summed E-state index contributed by atoms with van der Waals surface area (Å²) in [6, 6.07) is 0.601. The summed E-state index contributed by atoms with van der Waals surface area (Å²) in [4.78, 5) is 4.53. The Kier molecular flexibility index (Phi) is 4.37. The normalized spacial score (nSPS) is 29.2. The van der Waals surface area contributed by atoms with Gasteiger partial charge in [-0.15, -0.1) is 0 Å². The average molecular weight is 253 g/mol. The third-order valence-corrected chi connectivity index (χ3v) is 4.55. The lowest BCUT2D eigenvalue weighted by atomic mass is 9.79.